The van der Waals surface area contributed by atoms with Crippen LogP contribution >= 0.6 is 0 Å². The smallest absolute Gasteiger partial charge is 0.171 e. The summed E-state index contributed by atoms with van der Waals surface area (Å²) in [6.45, 7) is 5.49. The minimum Gasteiger partial charge on any atom is -0.372 e. The van der Waals surface area contributed by atoms with Crippen molar-refractivity contribution in [2.24, 2.45) is 0 Å². The number of anilines is 4. The van der Waals surface area contributed by atoms with Gasteiger partial charge < -0.3 is 24.6 Å². The molecule has 0 unspecified atom stereocenters. The third kappa shape index (κ3) is 4.16. The minimum absolute atomic E-state index is 0.360. The van der Waals surface area contributed by atoms with Crippen LogP contribution in [0.3, 0.4) is 0 Å². The van der Waals surface area contributed by atoms with E-state index in [0.717, 1.165) is 56.3 Å². The van der Waals surface area contributed by atoms with Crippen molar-refractivity contribution in [2.45, 2.75) is 37.9 Å². The number of ether oxygens (including phenoxy) is 2. The monoisotopic (exact) mass is 395 g/mol. The van der Waals surface area contributed by atoms with Crippen molar-refractivity contribution in [3.05, 3.63) is 36.7 Å². The lowest BCUT2D eigenvalue weighted by molar-refractivity contribution is -0.169. The van der Waals surface area contributed by atoms with Crippen molar-refractivity contribution < 1.29 is 9.47 Å². The quantitative estimate of drug-likeness (QED) is 0.849. The zero-order valence-electron chi connectivity index (χ0n) is 16.8. The average molecular weight is 396 g/mol. The maximum Gasteiger partial charge on any atom is 0.171 e. The van der Waals surface area contributed by atoms with E-state index in [1.165, 1.54) is 24.9 Å². The predicted molar refractivity (Wildman–Crippen MR) is 114 cm³/mol. The Bertz CT molecular complexity index is 806. The van der Waals surface area contributed by atoms with E-state index >= 15 is 0 Å². The molecule has 3 fully saturated rings. The molecule has 0 radical (unpaired) electrons. The van der Waals surface area contributed by atoms with Gasteiger partial charge in [-0.15, -0.1) is 0 Å². The zero-order chi connectivity index (χ0) is 19.5. The highest BCUT2D eigenvalue weighted by atomic mass is 16.7. The molecule has 0 bridgehead atoms. The standard InChI is InChI=1S/C22H29N5O2/c1-2-10-26(11-3-1)19-6-4-18(5-7-19)25-20-16-21(24-17-23-20)27-12-8-22(9-13-27)28-14-15-29-22/h4-7,16-17H,1-3,8-15H2,(H,23,24,25). The van der Waals surface area contributed by atoms with E-state index in [1.807, 2.05) is 6.07 Å². The molecule has 7 heteroatoms. The molecule has 3 aliphatic rings. The molecule has 3 saturated heterocycles. The summed E-state index contributed by atoms with van der Waals surface area (Å²) in [6, 6.07) is 10.7. The van der Waals surface area contributed by atoms with Crippen LogP contribution < -0.4 is 15.1 Å². The van der Waals surface area contributed by atoms with Crippen LogP contribution in [0, 0.1) is 0 Å². The Hall–Kier alpha value is -2.38. The molecule has 3 aliphatic heterocycles. The lowest BCUT2D eigenvalue weighted by Crippen LogP contribution is -2.45. The fraction of sp³-hybridized carbons (Fsp3) is 0.545. The molecule has 2 aromatic rings. The van der Waals surface area contributed by atoms with Crippen LogP contribution in [0.15, 0.2) is 36.7 Å². The van der Waals surface area contributed by atoms with Gasteiger partial charge in [0.2, 0.25) is 0 Å². The van der Waals surface area contributed by atoms with E-state index < -0.39 is 0 Å². The molecular weight excluding hydrogens is 366 g/mol. The maximum absolute atomic E-state index is 5.82. The van der Waals surface area contributed by atoms with Gasteiger partial charge in [0.05, 0.1) is 13.2 Å². The largest absolute Gasteiger partial charge is 0.372 e. The molecule has 5 rings (SSSR count). The summed E-state index contributed by atoms with van der Waals surface area (Å²) < 4.78 is 11.6. The third-order valence-electron chi connectivity index (χ3n) is 6.18. The summed E-state index contributed by atoms with van der Waals surface area (Å²) in [6.07, 6.45) is 7.31. The first-order chi connectivity index (χ1) is 14.3. The second-order valence-corrected chi connectivity index (χ2v) is 8.08. The molecule has 0 amide bonds. The Balaban J connectivity index is 1.22. The average Bonchev–Trinajstić information content (AvgIpc) is 3.23. The van der Waals surface area contributed by atoms with Crippen molar-refractivity contribution >= 4 is 23.0 Å². The third-order valence-corrected chi connectivity index (χ3v) is 6.18. The van der Waals surface area contributed by atoms with Gasteiger partial charge in [-0.25, -0.2) is 9.97 Å². The van der Waals surface area contributed by atoms with Crippen molar-refractivity contribution in [3.63, 3.8) is 0 Å². The summed E-state index contributed by atoms with van der Waals surface area (Å²) in [5, 5.41) is 3.42. The van der Waals surface area contributed by atoms with Crippen LogP contribution in [-0.4, -0.2) is 55.1 Å². The first-order valence-corrected chi connectivity index (χ1v) is 10.8. The zero-order valence-corrected chi connectivity index (χ0v) is 16.8. The highest BCUT2D eigenvalue weighted by molar-refractivity contribution is 5.62. The number of rotatable bonds is 4. The van der Waals surface area contributed by atoms with Crippen LogP contribution in [0.4, 0.5) is 23.0 Å². The summed E-state index contributed by atoms with van der Waals surface area (Å²) >= 11 is 0. The Morgan fingerprint density at radius 2 is 1.55 bits per heavy atom. The second kappa shape index (κ2) is 8.16. The Morgan fingerprint density at radius 1 is 0.828 bits per heavy atom. The highest BCUT2D eigenvalue weighted by Gasteiger charge is 2.40. The first-order valence-electron chi connectivity index (χ1n) is 10.8. The fourth-order valence-corrected chi connectivity index (χ4v) is 4.51. The topological polar surface area (TPSA) is 62.8 Å². The number of nitrogens with one attached hydrogen (secondary N) is 1. The maximum atomic E-state index is 5.82. The molecule has 0 saturated carbocycles. The molecule has 1 aromatic carbocycles. The Kier molecular flexibility index (Phi) is 5.24. The van der Waals surface area contributed by atoms with Gasteiger partial charge in [0.15, 0.2) is 5.79 Å². The number of hydrogen-bond donors (Lipinski definition) is 1. The van der Waals surface area contributed by atoms with Gasteiger partial charge >= 0.3 is 0 Å². The molecule has 0 atom stereocenters. The Morgan fingerprint density at radius 3 is 2.28 bits per heavy atom. The summed E-state index contributed by atoms with van der Waals surface area (Å²) in [5.41, 5.74) is 2.35. The molecule has 7 nitrogen and oxygen atoms in total. The molecule has 29 heavy (non-hydrogen) atoms. The van der Waals surface area contributed by atoms with Crippen molar-refractivity contribution in [3.8, 4) is 0 Å². The lowest BCUT2D eigenvalue weighted by Gasteiger charge is -2.38. The van der Waals surface area contributed by atoms with Crippen LogP contribution in [0.25, 0.3) is 0 Å². The van der Waals surface area contributed by atoms with Gasteiger partial charge in [-0.2, -0.15) is 0 Å². The lowest BCUT2D eigenvalue weighted by atomic mass is 10.0. The molecule has 1 N–H and O–H groups in total. The van der Waals surface area contributed by atoms with Gasteiger partial charge in [-0.05, 0) is 43.5 Å². The molecule has 1 spiro atoms. The van der Waals surface area contributed by atoms with Gasteiger partial charge in [0.25, 0.3) is 0 Å². The van der Waals surface area contributed by atoms with Crippen molar-refractivity contribution in [1.82, 2.24) is 9.97 Å². The summed E-state index contributed by atoms with van der Waals surface area (Å²) in [4.78, 5) is 13.6. The van der Waals surface area contributed by atoms with Crippen molar-refractivity contribution in [1.29, 1.82) is 0 Å². The molecule has 0 aliphatic carbocycles. The Labute approximate surface area is 172 Å². The number of nitrogens with zero attached hydrogens (tertiary/aromatic N) is 4. The van der Waals surface area contributed by atoms with Gasteiger partial charge in [-0.1, -0.05) is 0 Å². The van der Waals surface area contributed by atoms with Crippen LogP contribution in [0.5, 0.6) is 0 Å². The van der Waals surface area contributed by atoms with E-state index in [1.54, 1.807) is 6.33 Å². The predicted octanol–water partition coefficient (Wildman–Crippen LogP) is 3.55. The van der Waals surface area contributed by atoms with E-state index in [4.69, 9.17) is 9.47 Å². The minimum atomic E-state index is -0.360. The summed E-state index contributed by atoms with van der Waals surface area (Å²) in [5.74, 6) is 1.40. The van der Waals surface area contributed by atoms with Gasteiger partial charge in [0.1, 0.15) is 18.0 Å². The molecular formula is C22H29N5O2. The van der Waals surface area contributed by atoms with Crippen LogP contribution in [-0.2, 0) is 9.47 Å². The van der Waals surface area contributed by atoms with E-state index in [-0.39, 0.29) is 5.79 Å². The molecule has 4 heterocycles. The molecule has 154 valence electrons. The van der Waals surface area contributed by atoms with Gasteiger partial charge in [-0.3, -0.25) is 0 Å². The SMILES string of the molecule is c1nc(Nc2ccc(N3CCCCC3)cc2)cc(N2CCC3(CC2)OCCO3)n1. The number of aromatic nitrogens is 2. The van der Waals surface area contributed by atoms with Crippen LogP contribution in [0.2, 0.25) is 0 Å². The number of piperidine rings is 2. The first kappa shape index (κ1) is 18.6. The number of hydrogen-bond acceptors (Lipinski definition) is 7. The fourth-order valence-electron chi connectivity index (χ4n) is 4.51. The van der Waals surface area contributed by atoms with Crippen molar-refractivity contribution in [2.75, 3.05) is 54.5 Å². The summed E-state index contributed by atoms with van der Waals surface area (Å²) in [7, 11) is 0. The molecule has 1 aromatic heterocycles. The van der Waals surface area contributed by atoms with E-state index in [9.17, 15) is 0 Å². The normalized spacial score (nSPS) is 21.5. The van der Waals surface area contributed by atoms with E-state index in [2.05, 4.69) is 49.4 Å². The highest BCUT2D eigenvalue weighted by Crippen LogP contribution is 2.33. The van der Waals surface area contributed by atoms with Crippen LogP contribution in [0.1, 0.15) is 32.1 Å². The number of benzene rings is 1. The van der Waals surface area contributed by atoms with Gasteiger partial charge in [0, 0.05) is 56.5 Å². The second-order valence-electron chi connectivity index (χ2n) is 8.08. The van der Waals surface area contributed by atoms with E-state index in [0.29, 0.717) is 13.2 Å².